The molecule has 1 aliphatic carbocycles. The number of hydrogen-bond donors (Lipinski definition) is 1. The molecular weight excluding hydrogens is 214 g/mol. The van der Waals surface area contributed by atoms with E-state index in [1.54, 1.807) is 12.1 Å². The zero-order valence-corrected chi connectivity index (χ0v) is 9.85. The number of hydrogen-bond acceptors (Lipinski definition) is 4. The second-order valence-electron chi connectivity index (χ2n) is 5.20. The molecule has 1 N–H and O–H groups in total. The standard InChI is InChI=1S/C13H15N3O/c1-9-4-10(6-14)5-12(15-9)16-7-13(17,8-16)11-2-3-11/h4-5,11,17H,2-3,7-8H2,1H3. The third kappa shape index (κ3) is 1.77. The van der Waals surface area contributed by atoms with Crippen molar-refractivity contribution < 1.29 is 5.11 Å². The van der Waals surface area contributed by atoms with Crippen LogP contribution in [0.3, 0.4) is 0 Å². The molecule has 1 saturated heterocycles. The van der Waals surface area contributed by atoms with E-state index in [0.29, 0.717) is 24.6 Å². The summed E-state index contributed by atoms with van der Waals surface area (Å²) in [6.45, 7) is 3.19. The topological polar surface area (TPSA) is 60.2 Å². The first-order valence-corrected chi connectivity index (χ1v) is 5.97. The number of β-amino-alcohol motifs (C(OH)–C–C–N with tert-alkyl or cyclic N) is 1. The Hall–Kier alpha value is -1.60. The van der Waals surface area contributed by atoms with Crippen LogP contribution in [-0.4, -0.2) is 28.8 Å². The summed E-state index contributed by atoms with van der Waals surface area (Å²) < 4.78 is 0. The zero-order chi connectivity index (χ0) is 12.0. The largest absolute Gasteiger partial charge is 0.386 e. The van der Waals surface area contributed by atoms with Crippen molar-refractivity contribution in [2.75, 3.05) is 18.0 Å². The number of nitriles is 1. The van der Waals surface area contributed by atoms with Crippen molar-refractivity contribution in [1.82, 2.24) is 4.98 Å². The van der Waals surface area contributed by atoms with Gasteiger partial charge < -0.3 is 10.0 Å². The minimum absolute atomic E-state index is 0.485. The fourth-order valence-corrected chi connectivity index (χ4v) is 2.53. The lowest BCUT2D eigenvalue weighted by Crippen LogP contribution is -2.63. The van der Waals surface area contributed by atoms with Crippen LogP contribution in [0.25, 0.3) is 0 Å². The molecule has 4 heteroatoms. The first-order valence-electron chi connectivity index (χ1n) is 5.97. The van der Waals surface area contributed by atoms with Crippen LogP contribution in [0.2, 0.25) is 0 Å². The molecule has 17 heavy (non-hydrogen) atoms. The number of pyridine rings is 1. The Morgan fingerprint density at radius 2 is 2.18 bits per heavy atom. The van der Waals surface area contributed by atoms with Gasteiger partial charge in [-0.15, -0.1) is 0 Å². The molecule has 1 aromatic rings. The van der Waals surface area contributed by atoms with E-state index in [-0.39, 0.29) is 0 Å². The molecule has 0 bridgehead atoms. The van der Waals surface area contributed by atoms with E-state index in [4.69, 9.17) is 5.26 Å². The van der Waals surface area contributed by atoms with Gasteiger partial charge in [-0.05, 0) is 37.8 Å². The van der Waals surface area contributed by atoms with Gasteiger partial charge >= 0.3 is 0 Å². The molecule has 0 atom stereocenters. The summed E-state index contributed by atoms with van der Waals surface area (Å²) in [6.07, 6.45) is 2.30. The zero-order valence-electron chi connectivity index (χ0n) is 9.85. The quantitative estimate of drug-likeness (QED) is 0.828. The minimum Gasteiger partial charge on any atom is -0.386 e. The molecule has 1 aliphatic heterocycles. The molecule has 0 amide bonds. The van der Waals surface area contributed by atoms with Gasteiger partial charge in [-0.2, -0.15) is 5.26 Å². The second kappa shape index (κ2) is 3.44. The molecule has 0 spiro atoms. The van der Waals surface area contributed by atoms with Gasteiger partial charge in [-0.25, -0.2) is 4.98 Å². The maximum atomic E-state index is 10.2. The second-order valence-corrected chi connectivity index (χ2v) is 5.20. The highest BCUT2D eigenvalue weighted by molar-refractivity contribution is 5.50. The van der Waals surface area contributed by atoms with Crippen LogP contribution in [0.15, 0.2) is 12.1 Å². The lowest BCUT2D eigenvalue weighted by Gasteiger charge is -2.47. The Kier molecular flexibility index (Phi) is 2.14. The van der Waals surface area contributed by atoms with Crippen LogP contribution < -0.4 is 4.90 Å². The Morgan fingerprint density at radius 1 is 1.47 bits per heavy atom. The minimum atomic E-state index is -0.502. The van der Waals surface area contributed by atoms with Crippen LogP contribution >= 0.6 is 0 Å². The molecule has 1 saturated carbocycles. The molecule has 2 fully saturated rings. The monoisotopic (exact) mass is 229 g/mol. The molecule has 0 aromatic carbocycles. The highest BCUT2D eigenvalue weighted by atomic mass is 16.3. The molecule has 0 radical (unpaired) electrons. The average molecular weight is 229 g/mol. The van der Waals surface area contributed by atoms with Gasteiger partial charge in [0.2, 0.25) is 0 Å². The van der Waals surface area contributed by atoms with Crippen LogP contribution in [0, 0.1) is 24.2 Å². The number of rotatable bonds is 2. The van der Waals surface area contributed by atoms with Crippen LogP contribution in [0.4, 0.5) is 5.82 Å². The third-order valence-electron chi connectivity index (χ3n) is 3.66. The van der Waals surface area contributed by atoms with E-state index in [0.717, 1.165) is 24.4 Å². The van der Waals surface area contributed by atoms with Crippen molar-refractivity contribution in [3.05, 3.63) is 23.4 Å². The fraction of sp³-hybridized carbons (Fsp3) is 0.538. The highest BCUT2D eigenvalue weighted by Crippen LogP contribution is 2.45. The van der Waals surface area contributed by atoms with Crippen molar-refractivity contribution in [1.29, 1.82) is 5.26 Å². The van der Waals surface area contributed by atoms with Crippen LogP contribution in [-0.2, 0) is 0 Å². The van der Waals surface area contributed by atoms with E-state index in [9.17, 15) is 5.11 Å². The maximum absolute atomic E-state index is 10.2. The molecule has 4 nitrogen and oxygen atoms in total. The number of aryl methyl sites for hydroxylation is 1. The molecular formula is C13H15N3O. The van der Waals surface area contributed by atoms with Crippen molar-refractivity contribution in [3.63, 3.8) is 0 Å². The number of nitrogens with zero attached hydrogens (tertiary/aromatic N) is 3. The lowest BCUT2D eigenvalue weighted by molar-refractivity contribution is -0.00975. The van der Waals surface area contributed by atoms with Crippen molar-refractivity contribution in [3.8, 4) is 6.07 Å². The molecule has 2 heterocycles. The van der Waals surface area contributed by atoms with Gasteiger partial charge in [0.25, 0.3) is 0 Å². The maximum Gasteiger partial charge on any atom is 0.130 e. The summed E-state index contributed by atoms with van der Waals surface area (Å²) in [5, 5.41) is 19.2. The molecule has 88 valence electrons. The number of aliphatic hydroxyl groups is 1. The van der Waals surface area contributed by atoms with Gasteiger partial charge in [-0.1, -0.05) is 0 Å². The van der Waals surface area contributed by atoms with Gasteiger partial charge in [0.1, 0.15) is 11.4 Å². The Bertz CT molecular complexity index is 496. The SMILES string of the molecule is Cc1cc(C#N)cc(N2CC(O)(C3CC3)C2)n1. The lowest BCUT2D eigenvalue weighted by atomic mass is 9.88. The predicted molar refractivity (Wildman–Crippen MR) is 63.6 cm³/mol. The summed E-state index contributed by atoms with van der Waals surface area (Å²) in [7, 11) is 0. The van der Waals surface area contributed by atoms with E-state index in [2.05, 4.69) is 11.1 Å². The third-order valence-corrected chi connectivity index (χ3v) is 3.66. The predicted octanol–water partition coefficient (Wildman–Crippen LogP) is 1.22. The number of aromatic nitrogens is 1. The molecule has 3 rings (SSSR count). The first-order chi connectivity index (χ1) is 8.10. The van der Waals surface area contributed by atoms with Gasteiger partial charge in [0.15, 0.2) is 0 Å². The summed E-state index contributed by atoms with van der Waals surface area (Å²) in [4.78, 5) is 6.46. The Labute approximate surface area is 101 Å². The molecule has 2 aliphatic rings. The number of anilines is 1. The molecule has 1 aromatic heterocycles. The van der Waals surface area contributed by atoms with Gasteiger partial charge in [0.05, 0.1) is 24.7 Å². The van der Waals surface area contributed by atoms with E-state index in [1.165, 1.54) is 0 Å². The van der Waals surface area contributed by atoms with Gasteiger partial charge in [-0.3, -0.25) is 0 Å². The Morgan fingerprint density at radius 3 is 2.76 bits per heavy atom. The summed E-state index contributed by atoms with van der Waals surface area (Å²) in [5.74, 6) is 1.30. The first kappa shape index (κ1) is 10.5. The van der Waals surface area contributed by atoms with Crippen molar-refractivity contribution in [2.45, 2.75) is 25.4 Å². The van der Waals surface area contributed by atoms with Crippen molar-refractivity contribution in [2.24, 2.45) is 5.92 Å². The Balaban J connectivity index is 1.78. The normalized spacial score (nSPS) is 21.8. The smallest absolute Gasteiger partial charge is 0.130 e. The van der Waals surface area contributed by atoms with Gasteiger partial charge in [0, 0.05) is 5.69 Å². The van der Waals surface area contributed by atoms with E-state index < -0.39 is 5.60 Å². The van der Waals surface area contributed by atoms with E-state index >= 15 is 0 Å². The van der Waals surface area contributed by atoms with E-state index in [1.807, 2.05) is 11.8 Å². The van der Waals surface area contributed by atoms with Crippen molar-refractivity contribution >= 4 is 5.82 Å². The fourth-order valence-electron chi connectivity index (χ4n) is 2.53. The summed E-state index contributed by atoms with van der Waals surface area (Å²) >= 11 is 0. The molecule has 0 unspecified atom stereocenters. The summed E-state index contributed by atoms with van der Waals surface area (Å²) in [6, 6.07) is 5.70. The average Bonchev–Trinajstić information content (AvgIpc) is 3.07. The van der Waals surface area contributed by atoms with Crippen LogP contribution in [0.1, 0.15) is 24.1 Å². The van der Waals surface area contributed by atoms with Crippen LogP contribution in [0.5, 0.6) is 0 Å². The summed E-state index contributed by atoms with van der Waals surface area (Å²) in [5.41, 5.74) is 0.980. The highest BCUT2D eigenvalue weighted by Gasteiger charge is 2.52.